The van der Waals surface area contributed by atoms with Gasteiger partial charge in [-0.25, -0.2) is 18.5 Å². The highest BCUT2D eigenvalue weighted by molar-refractivity contribution is 7.99. The van der Waals surface area contributed by atoms with Gasteiger partial charge in [0, 0.05) is 10.6 Å². The van der Waals surface area contributed by atoms with Gasteiger partial charge in [-0.05, 0) is 44.0 Å². The number of amides is 1. The highest BCUT2D eigenvalue weighted by atomic mass is 32.2. The lowest BCUT2D eigenvalue weighted by molar-refractivity contribution is -0.115. The monoisotopic (exact) mass is 466 g/mol. The molecule has 1 unspecified atom stereocenters. The molecule has 0 saturated carbocycles. The standard InChI is InChI=1S/C19H22N4O4S3/c1-10-11(2)29-19-16(10)18(25)22-15(23-19)8-28-12(3)17(24)21-14-6-4-5-13(7-14)9-30(20,26)27/h4-7,12H,8-9H2,1-3H3,(H,21,24)(H2,20,26,27)(H,22,23,25). The number of carbonyl (C=O) groups excluding carboxylic acids is 1. The fraction of sp³-hybridized carbons (Fsp3) is 0.316. The predicted molar refractivity (Wildman–Crippen MR) is 122 cm³/mol. The van der Waals surface area contributed by atoms with Crippen LogP contribution in [0.2, 0.25) is 0 Å². The first-order chi connectivity index (χ1) is 14.0. The van der Waals surface area contributed by atoms with Crippen LogP contribution in [0.25, 0.3) is 10.2 Å². The summed E-state index contributed by atoms with van der Waals surface area (Å²) in [4.78, 5) is 33.9. The van der Waals surface area contributed by atoms with Gasteiger partial charge in [0.1, 0.15) is 10.7 Å². The molecule has 4 N–H and O–H groups in total. The van der Waals surface area contributed by atoms with Crippen LogP contribution in [0, 0.1) is 13.8 Å². The van der Waals surface area contributed by atoms with Gasteiger partial charge in [0.15, 0.2) is 0 Å². The summed E-state index contributed by atoms with van der Waals surface area (Å²) in [6.07, 6.45) is 0. The zero-order chi connectivity index (χ0) is 22.1. The third kappa shape index (κ3) is 5.48. The van der Waals surface area contributed by atoms with Gasteiger partial charge in [-0.15, -0.1) is 23.1 Å². The van der Waals surface area contributed by atoms with E-state index in [0.717, 1.165) is 10.4 Å². The number of thiophene rings is 1. The lowest BCUT2D eigenvalue weighted by Crippen LogP contribution is -2.23. The summed E-state index contributed by atoms with van der Waals surface area (Å²) in [6, 6.07) is 6.54. The zero-order valence-corrected chi connectivity index (χ0v) is 19.1. The van der Waals surface area contributed by atoms with E-state index in [1.54, 1.807) is 31.2 Å². The Kier molecular flexibility index (Phi) is 6.65. The number of aromatic amines is 1. The van der Waals surface area contributed by atoms with Gasteiger partial charge in [0.2, 0.25) is 15.9 Å². The fourth-order valence-electron chi connectivity index (χ4n) is 2.86. The normalized spacial score (nSPS) is 12.8. The molecule has 3 aromatic rings. The van der Waals surface area contributed by atoms with Crippen LogP contribution in [0.15, 0.2) is 29.1 Å². The Morgan fingerprint density at radius 3 is 2.80 bits per heavy atom. The number of nitrogens with two attached hydrogens (primary N) is 1. The number of hydrogen-bond donors (Lipinski definition) is 3. The van der Waals surface area contributed by atoms with Crippen LogP contribution in [0.5, 0.6) is 0 Å². The van der Waals surface area contributed by atoms with Crippen LogP contribution in [0.4, 0.5) is 5.69 Å². The summed E-state index contributed by atoms with van der Waals surface area (Å²) >= 11 is 2.83. The minimum atomic E-state index is -3.65. The van der Waals surface area contributed by atoms with Gasteiger partial charge in [-0.2, -0.15) is 0 Å². The van der Waals surface area contributed by atoms with Gasteiger partial charge in [0.05, 0.1) is 22.1 Å². The van der Waals surface area contributed by atoms with E-state index in [1.807, 2.05) is 13.8 Å². The van der Waals surface area contributed by atoms with Crippen LogP contribution < -0.4 is 16.0 Å². The van der Waals surface area contributed by atoms with Crippen LogP contribution in [0.3, 0.4) is 0 Å². The number of nitrogens with zero attached hydrogens (tertiary/aromatic N) is 1. The van der Waals surface area contributed by atoms with Crippen LogP contribution in [0.1, 0.15) is 28.8 Å². The minimum Gasteiger partial charge on any atom is -0.325 e. The van der Waals surface area contributed by atoms with Gasteiger partial charge in [-0.1, -0.05) is 12.1 Å². The molecular weight excluding hydrogens is 444 g/mol. The third-order valence-electron chi connectivity index (χ3n) is 4.49. The summed E-state index contributed by atoms with van der Waals surface area (Å²) in [7, 11) is -3.65. The molecule has 3 rings (SSSR count). The smallest absolute Gasteiger partial charge is 0.259 e. The van der Waals surface area contributed by atoms with Crippen molar-refractivity contribution in [3.8, 4) is 0 Å². The molecule has 0 saturated heterocycles. The van der Waals surface area contributed by atoms with Crippen molar-refractivity contribution < 1.29 is 13.2 Å². The maximum atomic E-state index is 12.5. The van der Waals surface area contributed by atoms with Crippen LogP contribution in [-0.4, -0.2) is 29.5 Å². The number of fused-ring (bicyclic) bond motifs is 1. The number of aryl methyl sites for hydroxylation is 2. The second-order valence-electron chi connectivity index (χ2n) is 6.93. The van der Waals surface area contributed by atoms with E-state index < -0.39 is 15.3 Å². The van der Waals surface area contributed by atoms with Gasteiger partial charge in [0.25, 0.3) is 5.56 Å². The molecule has 2 heterocycles. The van der Waals surface area contributed by atoms with E-state index in [4.69, 9.17) is 5.14 Å². The summed E-state index contributed by atoms with van der Waals surface area (Å²) < 4.78 is 22.5. The summed E-state index contributed by atoms with van der Waals surface area (Å²) in [5, 5.41) is 8.04. The summed E-state index contributed by atoms with van der Waals surface area (Å²) in [5.41, 5.74) is 1.76. The average molecular weight is 467 g/mol. The van der Waals surface area contributed by atoms with Gasteiger partial charge >= 0.3 is 0 Å². The first kappa shape index (κ1) is 22.5. The molecular formula is C19H22N4O4S3. The quantitative estimate of drug-likeness (QED) is 0.490. The lowest BCUT2D eigenvalue weighted by Gasteiger charge is -2.12. The zero-order valence-electron chi connectivity index (χ0n) is 16.7. The third-order valence-corrected chi connectivity index (χ3v) is 7.48. The second kappa shape index (κ2) is 8.88. The highest BCUT2D eigenvalue weighted by Crippen LogP contribution is 2.26. The Morgan fingerprint density at radius 2 is 2.10 bits per heavy atom. The molecule has 30 heavy (non-hydrogen) atoms. The molecule has 0 aliphatic rings. The molecule has 2 aromatic heterocycles. The Bertz CT molecular complexity index is 1260. The summed E-state index contributed by atoms with van der Waals surface area (Å²) in [5.74, 6) is 0.360. The van der Waals surface area contributed by atoms with E-state index in [0.29, 0.717) is 33.0 Å². The first-order valence-corrected chi connectivity index (χ1v) is 12.6. The Labute approximate surface area is 182 Å². The van der Waals surface area contributed by atoms with E-state index in [1.165, 1.54) is 23.1 Å². The van der Waals surface area contributed by atoms with E-state index in [-0.39, 0.29) is 17.2 Å². The molecule has 1 amide bonds. The number of thioether (sulfide) groups is 1. The number of sulfonamides is 1. The number of carbonyl (C=O) groups is 1. The molecule has 0 bridgehead atoms. The van der Waals surface area contributed by atoms with Crippen LogP contribution >= 0.6 is 23.1 Å². The molecule has 0 spiro atoms. The lowest BCUT2D eigenvalue weighted by atomic mass is 10.2. The highest BCUT2D eigenvalue weighted by Gasteiger charge is 2.17. The molecule has 11 heteroatoms. The molecule has 0 radical (unpaired) electrons. The van der Waals surface area contributed by atoms with E-state index >= 15 is 0 Å². The van der Waals surface area contributed by atoms with Crippen molar-refractivity contribution >= 4 is 54.9 Å². The van der Waals surface area contributed by atoms with E-state index in [2.05, 4.69) is 15.3 Å². The second-order valence-corrected chi connectivity index (χ2v) is 11.1. The predicted octanol–water partition coefficient (Wildman–Crippen LogP) is 2.65. The number of nitrogens with one attached hydrogen (secondary N) is 2. The minimum absolute atomic E-state index is 0.166. The number of rotatable bonds is 7. The molecule has 8 nitrogen and oxygen atoms in total. The van der Waals surface area contributed by atoms with Crippen molar-refractivity contribution in [1.29, 1.82) is 0 Å². The molecule has 0 fully saturated rings. The fourth-order valence-corrected chi connectivity index (χ4v) is 5.31. The summed E-state index contributed by atoms with van der Waals surface area (Å²) in [6.45, 7) is 5.62. The molecule has 1 atom stereocenters. The van der Waals surface area contributed by atoms with Gasteiger partial charge < -0.3 is 10.3 Å². The maximum absolute atomic E-state index is 12.5. The van der Waals surface area contributed by atoms with Crippen molar-refractivity contribution in [3.05, 3.63) is 56.4 Å². The largest absolute Gasteiger partial charge is 0.325 e. The number of anilines is 1. The first-order valence-electron chi connectivity index (χ1n) is 9.04. The van der Waals surface area contributed by atoms with Crippen LogP contribution in [-0.2, 0) is 26.3 Å². The SMILES string of the molecule is Cc1sc2nc(CSC(C)C(=O)Nc3cccc(CS(N)(=O)=O)c3)[nH]c(=O)c2c1C. The van der Waals surface area contributed by atoms with Crippen molar-refractivity contribution in [2.75, 3.05) is 5.32 Å². The van der Waals surface area contributed by atoms with Crippen molar-refractivity contribution in [2.24, 2.45) is 5.14 Å². The number of primary sulfonamides is 1. The Balaban J connectivity index is 1.65. The maximum Gasteiger partial charge on any atom is 0.259 e. The Morgan fingerprint density at radius 1 is 1.37 bits per heavy atom. The van der Waals surface area contributed by atoms with Crippen molar-refractivity contribution in [3.63, 3.8) is 0 Å². The number of H-pyrrole nitrogens is 1. The number of hydrogen-bond acceptors (Lipinski definition) is 7. The molecule has 160 valence electrons. The molecule has 0 aliphatic carbocycles. The number of benzene rings is 1. The topological polar surface area (TPSA) is 135 Å². The molecule has 1 aromatic carbocycles. The van der Waals surface area contributed by atoms with Gasteiger partial charge in [-0.3, -0.25) is 9.59 Å². The average Bonchev–Trinajstić information content (AvgIpc) is 2.92. The van der Waals surface area contributed by atoms with Crippen molar-refractivity contribution in [1.82, 2.24) is 9.97 Å². The van der Waals surface area contributed by atoms with Crippen molar-refractivity contribution in [2.45, 2.75) is 37.5 Å². The number of aromatic nitrogens is 2. The van der Waals surface area contributed by atoms with E-state index in [9.17, 15) is 18.0 Å². The molecule has 0 aliphatic heterocycles. The Hall–Kier alpha value is -2.21.